The third kappa shape index (κ3) is 2.93. The van der Waals surface area contributed by atoms with Crippen LogP contribution in [0.4, 0.5) is 0 Å². The van der Waals surface area contributed by atoms with Gasteiger partial charge >= 0.3 is 0 Å². The molecule has 0 aliphatic rings. The molecular weight excluding hydrogens is 232 g/mol. The quantitative estimate of drug-likeness (QED) is 0.703. The number of aryl methyl sites for hydroxylation is 1. The standard InChI is InChI=1S/C18H20O/c1-12(2)18-11-17(6-5-13(18)3)16-9-7-15(8-10-16)14(4)19/h5-12H,1-4H3. The molecule has 1 heteroatoms. The molecule has 0 aliphatic heterocycles. The lowest BCUT2D eigenvalue weighted by molar-refractivity contribution is 0.101. The summed E-state index contributed by atoms with van der Waals surface area (Å²) in [7, 11) is 0. The Morgan fingerprint density at radius 2 is 1.53 bits per heavy atom. The summed E-state index contributed by atoms with van der Waals surface area (Å²) in [5.74, 6) is 0.634. The third-order valence-electron chi connectivity index (χ3n) is 3.53. The van der Waals surface area contributed by atoms with Gasteiger partial charge in [0, 0.05) is 5.56 Å². The van der Waals surface area contributed by atoms with Crippen LogP contribution in [0.1, 0.15) is 48.2 Å². The molecule has 0 aromatic heterocycles. The van der Waals surface area contributed by atoms with E-state index < -0.39 is 0 Å². The van der Waals surface area contributed by atoms with Crippen molar-refractivity contribution >= 4 is 5.78 Å². The van der Waals surface area contributed by atoms with Crippen molar-refractivity contribution in [1.29, 1.82) is 0 Å². The van der Waals surface area contributed by atoms with Crippen molar-refractivity contribution in [2.24, 2.45) is 0 Å². The van der Waals surface area contributed by atoms with Crippen LogP contribution in [-0.4, -0.2) is 5.78 Å². The average molecular weight is 252 g/mol. The van der Waals surface area contributed by atoms with Gasteiger partial charge in [0.15, 0.2) is 5.78 Å². The highest BCUT2D eigenvalue weighted by atomic mass is 16.1. The first kappa shape index (κ1) is 13.5. The van der Waals surface area contributed by atoms with Crippen molar-refractivity contribution < 1.29 is 4.79 Å². The van der Waals surface area contributed by atoms with Crippen LogP contribution in [0.2, 0.25) is 0 Å². The van der Waals surface area contributed by atoms with E-state index in [1.165, 1.54) is 16.7 Å². The molecule has 0 spiro atoms. The number of hydrogen-bond acceptors (Lipinski definition) is 1. The smallest absolute Gasteiger partial charge is 0.159 e. The molecule has 0 unspecified atom stereocenters. The third-order valence-corrected chi connectivity index (χ3v) is 3.53. The molecule has 0 amide bonds. The van der Waals surface area contributed by atoms with Gasteiger partial charge in [0.05, 0.1) is 0 Å². The number of benzene rings is 2. The Hall–Kier alpha value is -1.89. The second kappa shape index (κ2) is 5.40. The minimum atomic E-state index is 0.110. The Kier molecular flexibility index (Phi) is 3.84. The summed E-state index contributed by atoms with van der Waals surface area (Å²) < 4.78 is 0. The average Bonchev–Trinajstić information content (AvgIpc) is 2.39. The Labute approximate surface area is 115 Å². The SMILES string of the molecule is CC(=O)c1ccc(-c2ccc(C)c(C(C)C)c2)cc1. The maximum Gasteiger partial charge on any atom is 0.159 e. The van der Waals surface area contributed by atoms with Gasteiger partial charge in [-0.3, -0.25) is 4.79 Å². The highest BCUT2D eigenvalue weighted by Gasteiger charge is 2.06. The summed E-state index contributed by atoms with van der Waals surface area (Å²) >= 11 is 0. The number of rotatable bonds is 3. The molecule has 0 fully saturated rings. The topological polar surface area (TPSA) is 17.1 Å². The highest BCUT2D eigenvalue weighted by molar-refractivity contribution is 5.94. The van der Waals surface area contributed by atoms with E-state index >= 15 is 0 Å². The molecule has 2 aromatic carbocycles. The van der Waals surface area contributed by atoms with Crippen LogP contribution in [0, 0.1) is 6.92 Å². The number of carbonyl (C=O) groups is 1. The van der Waals surface area contributed by atoms with Crippen LogP contribution in [0.15, 0.2) is 42.5 Å². The van der Waals surface area contributed by atoms with Crippen LogP contribution in [-0.2, 0) is 0 Å². The molecule has 0 saturated heterocycles. The van der Waals surface area contributed by atoms with Crippen molar-refractivity contribution in [3.63, 3.8) is 0 Å². The zero-order valence-corrected chi connectivity index (χ0v) is 12.0. The molecule has 0 bridgehead atoms. The lowest BCUT2D eigenvalue weighted by atomic mass is 9.93. The maximum absolute atomic E-state index is 11.3. The predicted molar refractivity (Wildman–Crippen MR) is 80.7 cm³/mol. The monoisotopic (exact) mass is 252 g/mol. The molecule has 1 nitrogen and oxygen atoms in total. The minimum Gasteiger partial charge on any atom is -0.295 e. The van der Waals surface area contributed by atoms with Crippen molar-refractivity contribution in [2.45, 2.75) is 33.6 Å². The van der Waals surface area contributed by atoms with E-state index in [0.29, 0.717) is 5.92 Å². The van der Waals surface area contributed by atoms with E-state index in [-0.39, 0.29) is 5.78 Å². The van der Waals surface area contributed by atoms with Crippen molar-refractivity contribution in [3.8, 4) is 11.1 Å². The molecule has 0 radical (unpaired) electrons. The highest BCUT2D eigenvalue weighted by Crippen LogP contribution is 2.27. The largest absolute Gasteiger partial charge is 0.295 e. The molecule has 0 saturated carbocycles. The Balaban J connectivity index is 2.41. The normalized spacial score (nSPS) is 10.8. The predicted octanol–water partition coefficient (Wildman–Crippen LogP) is 4.99. The number of carbonyl (C=O) groups excluding carboxylic acids is 1. The summed E-state index contributed by atoms with van der Waals surface area (Å²) in [5, 5.41) is 0. The summed E-state index contributed by atoms with van der Waals surface area (Å²) in [6.45, 7) is 8.17. The van der Waals surface area contributed by atoms with E-state index in [1.807, 2.05) is 24.3 Å². The Morgan fingerprint density at radius 3 is 2.05 bits per heavy atom. The van der Waals surface area contributed by atoms with Gasteiger partial charge in [0.1, 0.15) is 0 Å². The Bertz CT molecular complexity index is 592. The molecule has 0 atom stereocenters. The van der Waals surface area contributed by atoms with Crippen LogP contribution >= 0.6 is 0 Å². The zero-order chi connectivity index (χ0) is 14.0. The van der Waals surface area contributed by atoms with Gasteiger partial charge in [-0.2, -0.15) is 0 Å². The van der Waals surface area contributed by atoms with Crippen molar-refractivity contribution in [2.75, 3.05) is 0 Å². The lowest BCUT2D eigenvalue weighted by Crippen LogP contribution is -1.94. The fourth-order valence-electron chi connectivity index (χ4n) is 2.34. The first-order valence-corrected chi connectivity index (χ1v) is 6.71. The summed E-state index contributed by atoms with van der Waals surface area (Å²) in [4.78, 5) is 11.3. The Morgan fingerprint density at radius 1 is 0.947 bits per heavy atom. The van der Waals surface area contributed by atoms with Crippen molar-refractivity contribution in [3.05, 3.63) is 59.2 Å². The van der Waals surface area contributed by atoms with Crippen LogP contribution in [0.5, 0.6) is 0 Å². The van der Waals surface area contributed by atoms with Crippen molar-refractivity contribution in [1.82, 2.24) is 0 Å². The first-order valence-electron chi connectivity index (χ1n) is 6.71. The van der Waals surface area contributed by atoms with Crippen LogP contribution in [0.25, 0.3) is 11.1 Å². The van der Waals surface area contributed by atoms with Gasteiger partial charge in [0.25, 0.3) is 0 Å². The molecular formula is C18H20O. The first-order chi connectivity index (χ1) is 8.99. The lowest BCUT2D eigenvalue weighted by Gasteiger charge is -2.12. The fraction of sp³-hybridized carbons (Fsp3) is 0.278. The number of Topliss-reactive ketones (excluding diaryl/α,β-unsaturated/α-hetero) is 1. The van der Waals surface area contributed by atoms with Gasteiger partial charge in [-0.25, -0.2) is 0 Å². The number of ketones is 1. The van der Waals surface area contributed by atoms with Gasteiger partial charge in [0.2, 0.25) is 0 Å². The zero-order valence-electron chi connectivity index (χ0n) is 12.0. The van der Waals surface area contributed by atoms with E-state index in [4.69, 9.17) is 0 Å². The molecule has 19 heavy (non-hydrogen) atoms. The van der Waals surface area contributed by atoms with E-state index in [9.17, 15) is 4.79 Å². The second-order valence-electron chi connectivity index (χ2n) is 5.36. The second-order valence-corrected chi connectivity index (χ2v) is 5.36. The van der Waals surface area contributed by atoms with Crippen LogP contribution in [0.3, 0.4) is 0 Å². The molecule has 98 valence electrons. The minimum absolute atomic E-state index is 0.110. The number of hydrogen-bond donors (Lipinski definition) is 0. The maximum atomic E-state index is 11.3. The van der Waals surface area contributed by atoms with Gasteiger partial charge < -0.3 is 0 Å². The molecule has 2 rings (SSSR count). The van der Waals surface area contributed by atoms with E-state index in [2.05, 4.69) is 39.0 Å². The molecule has 0 heterocycles. The van der Waals surface area contributed by atoms with Gasteiger partial charge in [-0.1, -0.05) is 56.3 Å². The fourth-order valence-corrected chi connectivity index (χ4v) is 2.34. The molecule has 2 aromatic rings. The molecule has 0 aliphatic carbocycles. The van der Waals surface area contributed by atoms with E-state index in [1.54, 1.807) is 6.92 Å². The van der Waals surface area contributed by atoms with E-state index in [0.717, 1.165) is 11.1 Å². The summed E-state index contributed by atoms with van der Waals surface area (Å²) in [6, 6.07) is 14.4. The summed E-state index contributed by atoms with van der Waals surface area (Å²) in [6.07, 6.45) is 0. The molecule has 0 N–H and O–H groups in total. The van der Waals surface area contributed by atoms with Gasteiger partial charge in [-0.05, 0) is 42.0 Å². The van der Waals surface area contributed by atoms with Crippen LogP contribution < -0.4 is 0 Å². The summed E-state index contributed by atoms with van der Waals surface area (Å²) in [5.41, 5.74) is 5.85. The van der Waals surface area contributed by atoms with Gasteiger partial charge in [-0.15, -0.1) is 0 Å².